The molecular weight excluding hydrogens is 248 g/mol. The first-order valence-corrected chi connectivity index (χ1v) is 7.12. The fraction of sp³-hybridized carbons (Fsp3) is 0.923. The van der Waals surface area contributed by atoms with E-state index in [0.717, 1.165) is 52.2 Å². The van der Waals surface area contributed by atoms with E-state index in [9.17, 15) is 4.79 Å². The van der Waals surface area contributed by atoms with Crippen molar-refractivity contribution in [2.45, 2.75) is 30.9 Å². The zero-order chi connectivity index (χ0) is 13.3. The van der Waals surface area contributed by atoms with E-state index < -0.39 is 6.09 Å². The SMILES string of the molecule is O=C(O)N1CCC2(CC1)CC(N1CCOCC1)CO2. The molecule has 0 aromatic carbocycles. The molecule has 1 N–H and O–H groups in total. The molecule has 0 radical (unpaired) electrons. The van der Waals surface area contributed by atoms with Crippen molar-refractivity contribution in [3.63, 3.8) is 0 Å². The molecule has 3 aliphatic rings. The van der Waals surface area contributed by atoms with Crippen molar-refractivity contribution in [1.82, 2.24) is 9.80 Å². The quantitative estimate of drug-likeness (QED) is 0.757. The van der Waals surface area contributed by atoms with Gasteiger partial charge in [-0.05, 0) is 19.3 Å². The molecule has 3 aliphatic heterocycles. The number of ether oxygens (including phenoxy) is 2. The minimum Gasteiger partial charge on any atom is -0.465 e. The van der Waals surface area contributed by atoms with Gasteiger partial charge in [0.15, 0.2) is 0 Å². The number of carbonyl (C=O) groups is 1. The van der Waals surface area contributed by atoms with E-state index in [1.165, 1.54) is 4.90 Å². The summed E-state index contributed by atoms with van der Waals surface area (Å²) in [5.41, 5.74) is -0.0745. The van der Waals surface area contributed by atoms with E-state index in [-0.39, 0.29) is 5.60 Å². The lowest BCUT2D eigenvalue weighted by Crippen LogP contribution is -2.47. The van der Waals surface area contributed by atoms with Gasteiger partial charge in [0, 0.05) is 32.2 Å². The predicted molar refractivity (Wildman–Crippen MR) is 68.3 cm³/mol. The van der Waals surface area contributed by atoms with Crippen molar-refractivity contribution in [3.8, 4) is 0 Å². The second-order valence-electron chi connectivity index (χ2n) is 5.77. The van der Waals surface area contributed by atoms with Gasteiger partial charge < -0.3 is 19.5 Å². The highest BCUT2D eigenvalue weighted by Crippen LogP contribution is 2.37. The van der Waals surface area contributed by atoms with Crippen LogP contribution in [0.2, 0.25) is 0 Å². The van der Waals surface area contributed by atoms with Gasteiger partial charge in [-0.15, -0.1) is 0 Å². The molecule has 3 saturated heterocycles. The third-order valence-electron chi connectivity index (χ3n) is 4.70. The number of amides is 1. The van der Waals surface area contributed by atoms with Gasteiger partial charge in [-0.2, -0.15) is 0 Å². The first-order valence-electron chi connectivity index (χ1n) is 7.12. The smallest absolute Gasteiger partial charge is 0.407 e. The van der Waals surface area contributed by atoms with Crippen molar-refractivity contribution in [2.24, 2.45) is 0 Å². The Kier molecular flexibility index (Phi) is 3.64. The first-order chi connectivity index (χ1) is 9.19. The number of hydrogen-bond acceptors (Lipinski definition) is 4. The van der Waals surface area contributed by atoms with E-state index in [2.05, 4.69) is 4.90 Å². The van der Waals surface area contributed by atoms with Crippen LogP contribution in [0.1, 0.15) is 19.3 Å². The Balaban J connectivity index is 1.55. The summed E-state index contributed by atoms with van der Waals surface area (Å²) in [5.74, 6) is 0. The van der Waals surface area contributed by atoms with Crippen LogP contribution in [-0.4, -0.2) is 78.6 Å². The van der Waals surface area contributed by atoms with Gasteiger partial charge in [-0.3, -0.25) is 4.90 Å². The van der Waals surface area contributed by atoms with Gasteiger partial charge in [0.1, 0.15) is 0 Å². The van der Waals surface area contributed by atoms with Crippen LogP contribution in [0.25, 0.3) is 0 Å². The fourth-order valence-corrected chi connectivity index (χ4v) is 3.45. The summed E-state index contributed by atoms with van der Waals surface area (Å²) in [6, 6.07) is 0.486. The Labute approximate surface area is 113 Å². The second-order valence-corrected chi connectivity index (χ2v) is 5.77. The molecule has 3 fully saturated rings. The topological polar surface area (TPSA) is 62.2 Å². The van der Waals surface area contributed by atoms with E-state index in [4.69, 9.17) is 14.6 Å². The van der Waals surface area contributed by atoms with Crippen molar-refractivity contribution in [3.05, 3.63) is 0 Å². The van der Waals surface area contributed by atoms with E-state index in [1.54, 1.807) is 0 Å². The molecule has 1 unspecified atom stereocenters. The zero-order valence-corrected chi connectivity index (χ0v) is 11.2. The summed E-state index contributed by atoms with van der Waals surface area (Å²) < 4.78 is 11.5. The minimum atomic E-state index is -0.808. The lowest BCUT2D eigenvalue weighted by Gasteiger charge is -2.38. The van der Waals surface area contributed by atoms with Crippen LogP contribution < -0.4 is 0 Å². The Bertz CT molecular complexity index is 336. The first kappa shape index (κ1) is 13.1. The number of rotatable bonds is 1. The average molecular weight is 270 g/mol. The molecule has 0 bridgehead atoms. The number of morpholine rings is 1. The number of nitrogens with zero attached hydrogens (tertiary/aromatic N) is 2. The summed E-state index contributed by atoms with van der Waals surface area (Å²) in [4.78, 5) is 14.9. The van der Waals surface area contributed by atoms with Gasteiger partial charge in [0.2, 0.25) is 0 Å². The van der Waals surface area contributed by atoms with Crippen LogP contribution in [0, 0.1) is 0 Å². The lowest BCUT2D eigenvalue weighted by atomic mass is 9.87. The molecule has 0 saturated carbocycles. The van der Waals surface area contributed by atoms with Gasteiger partial charge in [-0.25, -0.2) is 4.79 Å². The molecule has 3 heterocycles. The molecule has 1 amide bonds. The largest absolute Gasteiger partial charge is 0.465 e. The fourth-order valence-electron chi connectivity index (χ4n) is 3.45. The van der Waals surface area contributed by atoms with Crippen molar-refractivity contribution < 1.29 is 19.4 Å². The predicted octanol–water partition coefficient (Wildman–Crippen LogP) is 0.620. The summed E-state index contributed by atoms with van der Waals surface area (Å²) in [6.45, 7) is 5.60. The molecule has 0 aliphatic carbocycles. The summed E-state index contributed by atoms with van der Waals surface area (Å²) in [5, 5.41) is 8.99. The highest BCUT2D eigenvalue weighted by molar-refractivity contribution is 5.65. The molecule has 3 rings (SSSR count). The average Bonchev–Trinajstić information content (AvgIpc) is 2.84. The summed E-state index contributed by atoms with van der Waals surface area (Å²) in [7, 11) is 0. The monoisotopic (exact) mass is 270 g/mol. The highest BCUT2D eigenvalue weighted by Gasteiger charge is 2.45. The Hall–Kier alpha value is -0.850. The van der Waals surface area contributed by atoms with E-state index in [1.807, 2.05) is 0 Å². The lowest BCUT2D eigenvalue weighted by molar-refractivity contribution is -0.0406. The number of likely N-dealkylation sites (tertiary alicyclic amines) is 1. The Morgan fingerprint density at radius 1 is 1.16 bits per heavy atom. The number of carboxylic acid groups (broad SMARTS) is 1. The summed E-state index contributed by atoms with van der Waals surface area (Å²) in [6.07, 6.45) is 1.90. The molecule has 6 heteroatoms. The highest BCUT2D eigenvalue weighted by atomic mass is 16.5. The van der Waals surface area contributed by atoms with Crippen LogP contribution in [0.15, 0.2) is 0 Å². The molecule has 19 heavy (non-hydrogen) atoms. The zero-order valence-electron chi connectivity index (χ0n) is 11.2. The third-order valence-corrected chi connectivity index (χ3v) is 4.70. The maximum absolute atomic E-state index is 10.9. The van der Waals surface area contributed by atoms with Crippen LogP contribution >= 0.6 is 0 Å². The molecule has 1 spiro atoms. The van der Waals surface area contributed by atoms with Gasteiger partial charge in [0.05, 0.1) is 25.4 Å². The molecule has 108 valence electrons. The van der Waals surface area contributed by atoms with Crippen molar-refractivity contribution >= 4 is 6.09 Å². The third kappa shape index (κ3) is 2.70. The molecule has 0 aromatic heterocycles. The summed E-state index contributed by atoms with van der Waals surface area (Å²) >= 11 is 0. The molecule has 1 atom stereocenters. The normalized spacial score (nSPS) is 31.8. The standard InChI is InChI=1S/C13H22N2O4/c16-12(17)15-3-1-13(2-4-15)9-11(10-19-13)14-5-7-18-8-6-14/h11H,1-10H2,(H,16,17). The molecular formula is C13H22N2O4. The van der Waals surface area contributed by atoms with Gasteiger partial charge in [0.25, 0.3) is 0 Å². The number of piperidine rings is 1. The van der Waals surface area contributed by atoms with Crippen LogP contribution in [0.3, 0.4) is 0 Å². The van der Waals surface area contributed by atoms with Crippen LogP contribution in [0.5, 0.6) is 0 Å². The van der Waals surface area contributed by atoms with E-state index >= 15 is 0 Å². The Morgan fingerprint density at radius 2 is 1.84 bits per heavy atom. The number of hydrogen-bond donors (Lipinski definition) is 1. The minimum absolute atomic E-state index is 0.0745. The maximum atomic E-state index is 10.9. The van der Waals surface area contributed by atoms with Crippen molar-refractivity contribution in [2.75, 3.05) is 46.0 Å². The van der Waals surface area contributed by atoms with Crippen LogP contribution in [0.4, 0.5) is 4.79 Å². The molecule has 0 aromatic rings. The molecule has 6 nitrogen and oxygen atoms in total. The van der Waals surface area contributed by atoms with Crippen molar-refractivity contribution in [1.29, 1.82) is 0 Å². The second kappa shape index (κ2) is 5.26. The maximum Gasteiger partial charge on any atom is 0.407 e. The Morgan fingerprint density at radius 3 is 2.47 bits per heavy atom. The van der Waals surface area contributed by atoms with Gasteiger partial charge >= 0.3 is 6.09 Å². The van der Waals surface area contributed by atoms with Gasteiger partial charge in [-0.1, -0.05) is 0 Å². The van der Waals surface area contributed by atoms with Crippen LogP contribution in [-0.2, 0) is 9.47 Å². The van der Waals surface area contributed by atoms with E-state index in [0.29, 0.717) is 19.1 Å².